The van der Waals surface area contributed by atoms with Gasteiger partial charge in [0.15, 0.2) is 0 Å². The number of nitrogens with one attached hydrogen (secondary N) is 1. The van der Waals surface area contributed by atoms with E-state index < -0.39 is 5.82 Å². The van der Waals surface area contributed by atoms with Crippen LogP contribution in [0.1, 0.15) is 13.3 Å². The number of nitrogens with zero attached hydrogens (tertiary/aromatic N) is 1. The molecule has 1 amide bonds. The SMILES string of the molecule is CCCN(CCO)CC(=O)Nc1cc(F)ccc1N. The van der Waals surface area contributed by atoms with E-state index in [2.05, 4.69) is 5.32 Å². The molecule has 0 atom stereocenters. The van der Waals surface area contributed by atoms with E-state index in [-0.39, 0.29) is 24.7 Å². The van der Waals surface area contributed by atoms with Crippen LogP contribution in [0.5, 0.6) is 0 Å². The van der Waals surface area contributed by atoms with Crippen LogP contribution in [0.3, 0.4) is 0 Å². The fourth-order valence-corrected chi connectivity index (χ4v) is 1.76. The zero-order valence-corrected chi connectivity index (χ0v) is 11.0. The molecule has 0 spiro atoms. The lowest BCUT2D eigenvalue weighted by Crippen LogP contribution is -2.35. The van der Waals surface area contributed by atoms with E-state index in [9.17, 15) is 9.18 Å². The lowest BCUT2D eigenvalue weighted by atomic mass is 10.2. The molecular weight excluding hydrogens is 249 g/mol. The Hall–Kier alpha value is -1.66. The number of carbonyl (C=O) groups is 1. The number of anilines is 2. The largest absolute Gasteiger partial charge is 0.397 e. The standard InChI is InChI=1S/C13H20FN3O2/c1-2-5-17(6-7-18)9-13(19)16-12-8-10(14)3-4-11(12)15/h3-4,8,18H,2,5-7,9,15H2,1H3,(H,16,19). The number of benzene rings is 1. The summed E-state index contributed by atoms with van der Waals surface area (Å²) >= 11 is 0. The molecule has 0 aliphatic heterocycles. The molecule has 6 heteroatoms. The first-order valence-electron chi connectivity index (χ1n) is 6.25. The number of rotatable bonds is 7. The number of hydrogen-bond donors (Lipinski definition) is 3. The molecule has 5 nitrogen and oxygen atoms in total. The first kappa shape index (κ1) is 15.4. The van der Waals surface area contributed by atoms with E-state index >= 15 is 0 Å². The highest BCUT2D eigenvalue weighted by Gasteiger charge is 2.11. The minimum atomic E-state index is -0.453. The van der Waals surface area contributed by atoms with Crippen molar-refractivity contribution in [1.29, 1.82) is 0 Å². The van der Waals surface area contributed by atoms with Gasteiger partial charge in [-0.2, -0.15) is 0 Å². The predicted octanol–water partition coefficient (Wildman–Crippen LogP) is 1.05. The molecule has 19 heavy (non-hydrogen) atoms. The van der Waals surface area contributed by atoms with Crippen molar-refractivity contribution in [2.24, 2.45) is 0 Å². The average molecular weight is 269 g/mol. The van der Waals surface area contributed by atoms with Crippen LogP contribution in [0.25, 0.3) is 0 Å². The van der Waals surface area contributed by atoms with Gasteiger partial charge in [-0.1, -0.05) is 6.92 Å². The van der Waals surface area contributed by atoms with E-state index in [1.807, 2.05) is 11.8 Å². The number of nitrogens with two attached hydrogens (primary N) is 1. The molecule has 0 aromatic heterocycles. The molecule has 0 fully saturated rings. The number of hydrogen-bond acceptors (Lipinski definition) is 4. The van der Waals surface area contributed by atoms with Crippen LogP contribution in [0.15, 0.2) is 18.2 Å². The maximum atomic E-state index is 13.1. The van der Waals surface area contributed by atoms with E-state index in [4.69, 9.17) is 10.8 Å². The second kappa shape index (κ2) is 7.70. The third-order valence-electron chi connectivity index (χ3n) is 2.61. The quantitative estimate of drug-likeness (QED) is 0.647. The van der Waals surface area contributed by atoms with Gasteiger partial charge in [0.25, 0.3) is 0 Å². The zero-order chi connectivity index (χ0) is 14.3. The molecular formula is C13H20FN3O2. The van der Waals surface area contributed by atoms with Crippen LogP contribution in [-0.4, -0.2) is 42.2 Å². The molecule has 0 aliphatic carbocycles. The van der Waals surface area contributed by atoms with Gasteiger partial charge in [0, 0.05) is 6.54 Å². The fourth-order valence-electron chi connectivity index (χ4n) is 1.76. The van der Waals surface area contributed by atoms with Crippen molar-refractivity contribution in [3.63, 3.8) is 0 Å². The van der Waals surface area contributed by atoms with Gasteiger partial charge in [0.05, 0.1) is 24.5 Å². The van der Waals surface area contributed by atoms with Gasteiger partial charge in [-0.05, 0) is 31.2 Å². The second-order valence-corrected chi connectivity index (χ2v) is 4.28. The summed E-state index contributed by atoms with van der Waals surface area (Å²) in [5, 5.41) is 11.5. The third kappa shape index (κ3) is 5.23. The first-order chi connectivity index (χ1) is 9.06. The molecule has 0 bridgehead atoms. The molecule has 4 N–H and O–H groups in total. The minimum absolute atomic E-state index is 0.00458. The molecule has 1 aromatic carbocycles. The molecule has 0 unspecified atom stereocenters. The lowest BCUT2D eigenvalue weighted by molar-refractivity contribution is -0.117. The first-order valence-corrected chi connectivity index (χ1v) is 6.25. The fraction of sp³-hybridized carbons (Fsp3) is 0.462. The number of aliphatic hydroxyl groups is 1. The predicted molar refractivity (Wildman–Crippen MR) is 73.3 cm³/mol. The van der Waals surface area contributed by atoms with Crippen LogP contribution in [-0.2, 0) is 4.79 Å². The molecule has 0 radical (unpaired) electrons. The molecule has 106 valence electrons. The van der Waals surface area contributed by atoms with Gasteiger partial charge in [-0.3, -0.25) is 9.69 Å². The Kier molecular flexibility index (Phi) is 6.24. The van der Waals surface area contributed by atoms with Crippen molar-refractivity contribution in [1.82, 2.24) is 4.90 Å². The van der Waals surface area contributed by atoms with Crippen molar-refractivity contribution < 1.29 is 14.3 Å². The summed E-state index contributed by atoms with van der Waals surface area (Å²) in [6.45, 7) is 3.28. The van der Waals surface area contributed by atoms with Gasteiger partial charge >= 0.3 is 0 Å². The van der Waals surface area contributed by atoms with Crippen molar-refractivity contribution in [2.45, 2.75) is 13.3 Å². The van der Waals surface area contributed by atoms with Crippen LogP contribution in [0.4, 0.5) is 15.8 Å². The zero-order valence-electron chi connectivity index (χ0n) is 11.0. The van der Waals surface area contributed by atoms with Gasteiger partial charge < -0.3 is 16.2 Å². The highest BCUT2D eigenvalue weighted by atomic mass is 19.1. The Morgan fingerprint density at radius 3 is 2.84 bits per heavy atom. The Morgan fingerprint density at radius 1 is 1.47 bits per heavy atom. The highest BCUT2D eigenvalue weighted by molar-refractivity contribution is 5.95. The van der Waals surface area contributed by atoms with E-state index in [1.54, 1.807) is 0 Å². The maximum absolute atomic E-state index is 13.1. The van der Waals surface area contributed by atoms with E-state index in [1.165, 1.54) is 18.2 Å². The van der Waals surface area contributed by atoms with Gasteiger partial charge in [0.2, 0.25) is 5.91 Å². The molecule has 0 heterocycles. The van der Waals surface area contributed by atoms with Crippen LogP contribution in [0, 0.1) is 5.82 Å². The summed E-state index contributed by atoms with van der Waals surface area (Å²) in [4.78, 5) is 13.6. The Morgan fingerprint density at radius 2 is 2.21 bits per heavy atom. The number of carbonyl (C=O) groups excluding carboxylic acids is 1. The van der Waals surface area contributed by atoms with Gasteiger partial charge in [0.1, 0.15) is 5.82 Å². The van der Waals surface area contributed by atoms with E-state index in [0.29, 0.717) is 18.8 Å². The summed E-state index contributed by atoms with van der Waals surface area (Å²) < 4.78 is 13.1. The lowest BCUT2D eigenvalue weighted by Gasteiger charge is -2.20. The number of nitrogen functional groups attached to an aromatic ring is 1. The molecule has 1 aromatic rings. The van der Waals surface area contributed by atoms with Crippen molar-refractivity contribution in [2.75, 3.05) is 37.3 Å². The Bertz CT molecular complexity index is 420. The smallest absolute Gasteiger partial charge is 0.238 e. The summed E-state index contributed by atoms with van der Waals surface area (Å²) in [5.41, 5.74) is 6.24. The van der Waals surface area contributed by atoms with Gasteiger partial charge in [-0.15, -0.1) is 0 Å². The molecule has 0 aliphatic rings. The van der Waals surface area contributed by atoms with Gasteiger partial charge in [-0.25, -0.2) is 4.39 Å². The van der Waals surface area contributed by atoms with Crippen LogP contribution < -0.4 is 11.1 Å². The topological polar surface area (TPSA) is 78.6 Å². The maximum Gasteiger partial charge on any atom is 0.238 e. The average Bonchev–Trinajstić information content (AvgIpc) is 2.34. The molecule has 0 saturated carbocycles. The number of halogens is 1. The van der Waals surface area contributed by atoms with Crippen LogP contribution in [0.2, 0.25) is 0 Å². The number of amides is 1. The van der Waals surface area contributed by atoms with Crippen molar-refractivity contribution >= 4 is 17.3 Å². The van der Waals surface area contributed by atoms with Crippen LogP contribution >= 0.6 is 0 Å². The summed E-state index contributed by atoms with van der Waals surface area (Å²) in [6.07, 6.45) is 0.884. The van der Waals surface area contributed by atoms with E-state index in [0.717, 1.165) is 6.42 Å². The highest BCUT2D eigenvalue weighted by Crippen LogP contribution is 2.18. The normalized spacial score (nSPS) is 10.7. The summed E-state index contributed by atoms with van der Waals surface area (Å²) in [6, 6.07) is 3.83. The molecule has 1 rings (SSSR count). The third-order valence-corrected chi connectivity index (χ3v) is 2.61. The number of aliphatic hydroxyl groups excluding tert-OH is 1. The Labute approximate surface area is 112 Å². The van der Waals surface area contributed by atoms with Crippen molar-refractivity contribution in [3.05, 3.63) is 24.0 Å². The monoisotopic (exact) mass is 269 g/mol. The Balaban J connectivity index is 2.60. The summed E-state index contributed by atoms with van der Waals surface area (Å²) in [5.74, 6) is -0.732. The summed E-state index contributed by atoms with van der Waals surface area (Å²) in [7, 11) is 0. The second-order valence-electron chi connectivity index (χ2n) is 4.28. The molecule has 0 saturated heterocycles. The van der Waals surface area contributed by atoms with Crippen molar-refractivity contribution in [3.8, 4) is 0 Å². The minimum Gasteiger partial charge on any atom is -0.397 e.